The third-order valence-electron chi connectivity index (χ3n) is 3.92. The maximum absolute atomic E-state index is 12.6. The predicted octanol–water partition coefficient (Wildman–Crippen LogP) is 3.25. The molecule has 1 unspecified atom stereocenters. The lowest BCUT2D eigenvalue weighted by Crippen LogP contribution is -2.44. The molecule has 1 amide bonds. The topological polar surface area (TPSA) is 55.1 Å². The molecule has 0 bridgehead atoms. The first-order valence-electron chi connectivity index (χ1n) is 7.26. The molecule has 0 aliphatic heterocycles. The number of benzene rings is 1. The molecule has 112 valence electrons. The number of carbonyl (C=O) groups excluding carboxylic acids is 1. The summed E-state index contributed by atoms with van der Waals surface area (Å²) in [4.78, 5) is 12.6. The number of carbonyl (C=O) groups is 1. The fourth-order valence-electron chi connectivity index (χ4n) is 2.46. The van der Waals surface area contributed by atoms with Crippen molar-refractivity contribution >= 4 is 17.5 Å². The Morgan fingerprint density at radius 1 is 1.30 bits per heavy atom. The first-order valence-corrected chi connectivity index (χ1v) is 7.64. The number of nitrogens with one attached hydrogen (secondary N) is 1. The van der Waals surface area contributed by atoms with Crippen molar-refractivity contribution in [1.29, 1.82) is 0 Å². The van der Waals surface area contributed by atoms with Crippen molar-refractivity contribution in [2.75, 3.05) is 6.54 Å². The summed E-state index contributed by atoms with van der Waals surface area (Å²) in [5.74, 6) is 0.0745. The van der Waals surface area contributed by atoms with Crippen LogP contribution < -0.4 is 11.1 Å². The molecule has 0 radical (unpaired) electrons. The van der Waals surface area contributed by atoms with E-state index in [0.717, 1.165) is 24.8 Å². The van der Waals surface area contributed by atoms with Crippen LogP contribution >= 0.6 is 11.6 Å². The van der Waals surface area contributed by atoms with Crippen molar-refractivity contribution in [2.24, 2.45) is 5.73 Å². The molecule has 0 aliphatic rings. The highest BCUT2D eigenvalue weighted by molar-refractivity contribution is 6.30. The summed E-state index contributed by atoms with van der Waals surface area (Å²) < 4.78 is 0. The predicted molar refractivity (Wildman–Crippen MR) is 85.0 cm³/mol. The molecular weight excluding hydrogens is 272 g/mol. The van der Waals surface area contributed by atoms with Crippen LogP contribution in [-0.4, -0.2) is 18.5 Å². The summed E-state index contributed by atoms with van der Waals surface area (Å²) in [5.41, 5.74) is 6.25. The van der Waals surface area contributed by atoms with Crippen LogP contribution in [0.15, 0.2) is 24.3 Å². The smallest absolute Gasteiger partial charge is 0.230 e. The molecule has 0 spiro atoms. The van der Waals surface area contributed by atoms with E-state index in [9.17, 15) is 4.79 Å². The van der Waals surface area contributed by atoms with Crippen LogP contribution in [0.5, 0.6) is 0 Å². The molecule has 1 aromatic rings. The van der Waals surface area contributed by atoms with Gasteiger partial charge in [0.15, 0.2) is 0 Å². The monoisotopic (exact) mass is 296 g/mol. The van der Waals surface area contributed by atoms with Crippen molar-refractivity contribution in [3.63, 3.8) is 0 Å². The van der Waals surface area contributed by atoms with E-state index in [2.05, 4.69) is 5.32 Å². The summed E-state index contributed by atoms with van der Waals surface area (Å²) >= 11 is 5.93. The van der Waals surface area contributed by atoms with Crippen LogP contribution in [0.4, 0.5) is 0 Å². The second-order valence-corrected chi connectivity index (χ2v) is 5.75. The highest BCUT2D eigenvalue weighted by atomic mass is 35.5. The maximum atomic E-state index is 12.6. The minimum absolute atomic E-state index is 0.0745. The Morgan fingerprint density at radius 2 is 1.85 bits per heavy atom. The lowest BCUT2D eigenvalue weighted by atomic mass is 9.75. The standard InChI is InChI=1S/C16H25ClN2O/c1-4-16(5-2,13-6-8-14(17)9-7-13)15(20)19-11-10-12(3)18/h6-9,12H,4-5,10-11,18H2,1-3H3,(H,19,20). The third kappa shape index (κ3) is 3.97. The Kier molecular flexibility index (Phi) is 6.50. The molecular formula is C16H25ClN2O. The minimum Gasteiger partial charge on any atom is -0.355 e. The summed E-state index contributed by atoms with van der Waals surface area (Å²) in [6, 6.07) is 7.67. The molecule has 0 fully saturated rings. The van der Waals surface area contributed by atoms with Gasteiger partial charge < -0.3 is 11.1 Å². The van der Waals surface area contributed by atoms with Crippen LogP contribution in [0.25, 0.3) is 0 Å². The van der Waals surface area contributed by atoms with Gasteiger partial charge in [0, 0.05) is 17.6 Å². The molecule has 0 aromatic heterocycles. The lowest BCUT2D eigenvalue weighted by molar-refractivity contribution is -0.127. The van der Waals surface area contributed by atoms with Gasteiger partial charge in [0.1, 0.15) is 0 Å². The van der Waals surface area contributed by atoms with Gasteiger partial charge in [0.2, 0.25) is 5.91 Å². The van der Waals surface area contributed by atoms with Gasteiger partial charge in [-0.15, -0.1) is 0 Å². The summed E-state index contributed by atoms with van der Waals surface area (Å²) in [7, 11) is 0. The SMILES string of the molecule is CCC(CC)(C(=O)NCCC(C)N)c1ccc(Cl)cc1. The molecule has 3 N–H and O–H groups in total. The van der Waals surface area contributed by atoms with Gasteiger partial charge in [0.25, 0.3) is 0 Å². The molecule has 4 heteroatoms. The van der Waals surface area contributed by atoms with Gasteiger partial charge in [-0.2, -0.15) is 0 Å². The Bertz CT molecular complexity index is 425. The Balaban J connectivity index is 2.90. The normalized spacial score (nSPS) is 13.1. The number of hydrogen-bond donors (Lipinski definition) is 2. The number of rotatable bonds is 7. The molecule has 0 saturated carbocycles. The average Bonchev–Trinajstić information content (AvgIpc) is 2.42. The molecule has 3 nitrogen and oxygen atoms in total. The Hall–Kier alpha value is -1.06. The van der Waals surface area contributed by atoms with Gasteiger partial charge in [-0.25, -0.2) is 0 Å². The van der Waals surface area contributed by atoms with E-state index >= 15 is 0 Å². The first-order chi connectivity index (χ1) is 9.46. The highest BCUT2D eigenvalue weighted by Gasteiger charge is 2.36. The van der Waals surface area contributed by atoms with Gasteiger partial charge >= 0.3 is 0 Å². The van der Waals surface area contributed by atoms with E-state index in [0.29, 0.717) is 11.6 Å². The van der Waals surface area contributed by atoms with Crippen LogP contribution in [-0.2, 0) is 10.2 Å². The quantitative estimate of drug-likeness (QED) is 0.811. The van der Waals surface area contributed by atoms with Crippen LogP contribution in [0, 0.1) is 0 Å². The zero-order valence-corrected chi connectivity index (χ0v) is 13.3. The second-order valence-electron chi connectivity index (χ2n) is 5.32. The number of hydrogen-bond acceptors (Lipinski definition) is 2. The van der Waals surface area contributed by atoms with Crippen LogP contribution in [0.3, 0.4) is 0 Å². The van der Waals surface area contributed by atoms with Crippen molar-refractivity contribution < 1.29 is 4.79 Å². The van der Waals surface area contributed by atoms with E-state index < -0.39 is 5.41 Å². The molecule has 0 aliphatic carbocycles. The molecule has 20 heavy (non-hydrogen) atoms. The molecule has 0 heterocycles. The van der Waals surface area contributed by atoms with E-state index in [-0.39, 0.29) is 11.9 Å². The third-order valence-corrected chi connectivity index (χ3v) is 4.18. The number of nitrogens with two attached hydrogens (primary N) is 1. The minimum atomic E-state index is -0.484. The zero-order chi connectivity index (χ0) is 15.2. The fraction of sp³-hybridized carbons (Fsp3) is 0.562. The fourth-order valence-corrected chi connectivity index (χ4v) is 2.59. The van der Waals surface area contributed by atoms with E-state index in [1.165, 1.54) is 0 Å². The van der Waals surface area contributed by atoms with E-state index in [1.807, 2.05) is 45.0 Å². The van der Waals surface area contributed by atoms with E-state index in [1.54, 1.807) is 0 Å². The van der Waals surface area contributed by atoms with Crippen molar-refractivity contribution in [3.8, 4) is 0 Å². The Labute approximate surface area is 126 Å². The largest absolute Gasteiger partial charge is 0.355 e. The summed E-state index contributed by atoms with van der Waals surface area (Å²) in [5, 5.41) is 3.71. The maximum Gasteiger partial charge on any atom is 0.230 e. The number of halogens is 1. The van der Waals surface area contributed by atoms with Crippen LogP contribution in [0.2, 0.25) is 5.02 Å². The second kappa shape index (κ2) is 7.65. The molecule has 1 rings (SSSR count). The highest BCUT2D eigenvalue weighted by Crippen LogP contribution is 2.32. The number of amides is 1. The van der Waals surface area contributed by atoms with Gasteiger partial charge in [-0.1, -0.05) is 37.6 Å². The Morgan fingerprint density at radius 3 is 2.30 bits per heavy atom. The van der Waals surface area contributed by atoms with Gasteiger partial charge in [-0.05, 0) is 43.9 Å². The zero-order valence-electron chi connectivity index (χ0n) is 12.6. The summed E-state index contributed by atoms with van der Waals surface area (Å²) in [6.45, 7) is 6.65. The summed E-state index contributed by atoms with van der Waals surface area (Å²) in [6.07, 6.45) is 2.31. The molecule has 1 atom stereocenters. The van der Waals surface area contributed by atoms with E-state index in [4.69, 9.17) is 17.3 Å². The van der Waals surface area contributed by atoms with Crippen molar-refractivity contribution in [1.82, 2.24) is 5.32 Å². The molecule has 0 saturated heterocycles. The van der Waals surface area contributed by atoms with Crippen molar-refractivity contribution in [3.05, 3.63) is 34.9 Å². The van der Waals surface area contributed by atoms with Gasteiger partial charge in [0.05, 0.1) is 5.41 Å². The van der Waals surface area contributed by atoms with Gasteiger partial charge in [-0.3, -0.25) is 4.79 Å². The lowest BCUT2D eigenvalue weighted by Gasteiger charge is -2.31. The van der Waals surface area contributed by atoms with Crippen molar-refractivity contribution in [2.45, 2.75) is 51.5 Å². The average molecular weight is 297 g/mol. The van der Waals surface area contributed by atoms with Crippen LogP contribution in [0.1, 0.15) is 45.6 Å². The first kappa shape index (κ1) is 17.0. The molecule has 1 aromatic carbocycles.